The zero-order valence-electron chi connectivity index (χ0n) is 38.1. The molecule has 4 aromatic rings. The Kier molecular flexibility index (Phi) is 14.2. The highest BCUT2D eigenvalue weighted by Gasteiger charge is 2.40. The number of unbranched alkanes of at least 4 members (excludes halogenated alkanes) is 1. The molecule has 2 saturated heterocycles. The van der Waals surface area contributed by atoms with E-state index in [-0.39, 0.29) is 61.4 Å². The van der Waals surface area contributed by atoms with Crippen molar-refractivity contribution in [3.8, 4) is 23.1 Å². The van der Waals surface area contributed by atoms with Crippen molar-refractivity contribution in [2.75, 3.05) is 25.0 Å². The highest BCUT2D eigenvalue weighted by molar-refractivity contribution is 6.33. The van der Waals surface area contributed by atoms with E-state index in [4.69, 9.17) is 21.3 Å². The molecule has 2 saturated carbocycles. The SMILES string of the molecule is Cn1ncc(-c2nc(NC3CCC(N(Cc4ccccc4)C(=O)OCCCCC(=O)N4CCC(C#Cc5cccc6c5CN(C5CCC(=O)NC5=O)C6=O)CC4)CC3)ncc2Cl)c1CC1CC1. The Bertz CT molecular complexity index is 2550. The zero-order chi connectivity index (χ0) is 46.4. The van der Waals surface area contributed by atoms with E-state index in [9.17, 15) is 24.0 Å². The number of anilines is 1. The summed E-state index contributed by atoms with van der Waals surface area (Å²) in [5, 5.41) is 10.9. The first-order valence-electron chi connectivity index (χ1n) is 23.9. The van der Waals surface area contributed by atoms with Gasteiger partial charge in [-0.3, -0.25) is 29.2 Å². The first-order valence-corrected chi connectivity index (χ1v) is 24.3. The number of nitrogens with zero attached hydrogens (tertiary/aromatic N) is 7. The van der Waals surface area contributed by atoms with Gasteiger partial charge in [0.1, 0.15) is 6.04 Å². The number of fused-ring (bicyclic) bond motifs is 1. The maximum absolute atomic E-state index is 13.7. The predicted molar refractivity (Wildman–Crippen MR) is 251 cm³/mol. The number of hydrogen-bond donors (Lipinski definition) is 2. The number of aromatic nitrogens is 4. The molecule has 0 bridgehead atoms. The van der Waals surface area contributed by atoms with Crippen molar-refractivity contribution in [2.45, 2.75) is 121 Å². The van der Waals surface area contributed by atoms with Gasteiger partial charge in [-0.25, -0.2) is 14.8 Å². The Morgan fingerprint density at radius 3 is 2.48 bits per heavy atom. The van der Waals surface area contributed by atoms with Crippen LogP contribution in [0.15, 0.2) is 60.9 Å². The highest BCUT2D eigenvalue weighted by Crippen LogP contribution is 2.37. The molecule has 5 aliphatic rings. The molecule has 67 heavy (non-hydrogen) atoms. The molecule has 2 N–H and O–H groups in total. The van der Waals surface area contributed by atoms with E-state index < -0.39 is 11.9 Å². The number of carbonyl (C=O) groups excluding carboxylic acids is 5. The number of hydrogen-bond acceptors (Lipinski definition) is 10. The van der Waals surface area contributed by atoms with Crippen molar-refractivity contribution in [1.29, 1.82) is 0 Å². The second kappa shape index (κ2) is 20.7. The van der Waals surface area contributed by atoms with Crippen LogP contribution in [0.5, 0.6) is 0 Å². The highest BCUT2D eigenvalue weighted by atomic mass is 35.5. The average molecular weight is 929 g/mol. The van der Waals surface area contributed by atoms with Crippen LogP contribution in [-0.4, -0.2) is 102 Å². The summed E-state index contributed by atoms with van der Waals surface area (Å²) in [6.45, 7) is 2.21. The van der Waals surface area contributed by atoms with Crippen molar-refractivity contribution in [3.05, 3.63) is 93.9 Å². The fraction of sp³-hybridized carbons (Fsp3) is 0.490. The van der Waals surface area contributed by atoms with E-state index in [0.717, 1.165) is 72.9 Å². The molecule has 5 amide bonds. The number of nitrogens with one attached hydrogen (secondary N) is 2. The number of halogens is 1. The molecule has 0 radical (unpaired) electrons. The number of carbonyl (C=O) groups is 5. The lowest BCUT2D eigenvalue weighted by Crippen LogP contribution is -2.52. The summed E-state index contributed by atoms with van der Waals surface area (Å²) < 4.78 is 7.80. The largest absolute Gasteiger partial charge is 0.449 e. The number of ether oxygens (including phenoxy) is 1. The minimum Gasteiger partial charge on any atom is -0.449 e. The van der Waals surface area contributed by atoms with Gasteiger partial charge in [0.25, 0.3) is 5.91 Å². The van der Waals surface area contributed by atoms with Crippen LogP contribution in [0.25, 0.3) is 11.3 Å². The van der Waals surface area contributed by atoms with Crippen molar-refractivity contribution >= 4 is 47.3 Å². The number of imide groups is 1. The lowest BCUT2D eigenvalue weighted by atomic mass is 9.90. The smallest absolute Gasteiger partial charge is 0.410 e. The van der Waals surface area contributed by atoms with Crippen molar-refractivity contribution in [1.82, 2.24) is 39.8 Å². The molecule has 2 aromatic heterocycles. The van der Waals surface area contributed by atoms with Crippen LogP contribution in [-0.2, 0) is 45.7 Å². The second-order valence-electron chi connectivity index (χ2n) is 18.7. The van der Waals surface area contributed by atoms with Gasteiger partial charge in [0.2, 0.25) is 23.7 Å². The molecular formula is C51H58ClN9O6. The number of likely N-dealkylation sites (tertiary alicyclic amines) is 1. The third kappa shape index (κ3) is 11.0. The zero-order valence-corrected chi connectivity index (χ0v) is 38.8. The van der Waals surface area contributed by atoms with E-state index >= 15 is 0 Å². The van der Waals surface area contributed by atoms with Crippen LogP contribution in [0.2, 0.25) is 5.02 Å². The Labute approximate surface area is 396 Å². The second-order valence-corrected chi connectivity index (χ2v) is 19.1. The van der Waals surface area contributed by atoms with Gasteiger partial charge in [-0.1, -0.05) is 59.8 Å². The number of benzene rings is 2. The summed E-state index contributed by atoms with van der Waals surface area (Å²) in [5.41, 5.74) is 5.94. The third-order valence-electron chi connectivity index (χ3n) is 14.0. The Morgan fingerprint density at radius 1 is 0.925 bits per heavy atom. The van der Waals surface area contributed by atoms with Crippen LogP contribution >= 0.6 is 11.6 Å². The monoisotopic (exact) mass is 927 g/mol. The maximum atomic E-state index is 13.7. The molecule has 1 atom stereocenters. The van der Waals surface area contributed by atoms with Crippen molar-refractivity contribution in [3.63, 3.8) is 0 Å². The van der Waals surface area contributed by atoms with E-state index in [1.807, 2.05) is 70.2 Å². The summed E-state index contributed by atoms with van der Waals surface area (Å²) in [6, 6.07) is 14.9. The number of rotatable bonds is 14. The summed E-state index contributed by atoms with van der Waals surface area (Å²) in [7, 11) is 1.97. The standard InChI is InChI=1S/C51H58ClN9O6/c1-58-44(28-34-13-14-34)40(29-54-58)47-42(52)30-53-50(57-47)55-37-17-19-38(20-18-37)60(31-35-8-3-2-4-9-35)51(66)67-27-6-5-12-46(63)59-25-23-33(24-26-59)15-16-36-10-7-11-39-41(36)32-61(49(39)65)43-21-22-45(62)56-48(43)64/h2-4,7-11,29-30,33-34,37-38,43H,5-6,12-14,17-28,31-32H2,1H3,(H,53,55,57)(H,56,62,64). The molecule has 3 aliphatic heterocycles. The van der Waals surface area contributed by atoms with Gasteiger partial charge in [-0.2, -0.15) is 5.10 Å². The van der Waals surface area contributed by atoms with Crippen molar-refractivity contribution < 1.29 is 28.7 Å². The van der Waals surface area contributed by atoms with Gasteiger partial charge in [0.15, 0.2) is 0 Å². The van der Waals surface area contributed by atoms with Crippen molar-refractivity contribution in [2.24, 2.45) is 18.9 Å². The minimum absolute atomic E-state index is 0.00933. The van der Waals surface area contributed by atoms with E-state index in [1.165, 1.54) is 12.8 Å². The number of aryl methyl sites for hydroxylation is 1. The number of amides is 5. The van der Waals surface area contributed by atoms with Gasteiger partial charge in [0, 0.05) is 86.5 Å². The molecule has 4 fully saturated rings. The van der Waals surface area contributed by atoms with E-state index in [0.29, 0.717) is 73.5 Å². The van der Waals surface area contributed by atoms with Crippen LogP contribution in [0.4, 0.5) is 10.7 Å². The maximum Gasteiger partial charge on any atom is 0.410 e. The fourth-order valence-corrected chi connectivity index (χ4v) is 10.1. The molecule has 16 heteroatoms. The number of piperidine rings is 2. The quantitative estimate of drug-likeness (QED) is 0.0758. The fourth-order valence-electron chi connectivity index (χ4n) is 9.90. The van der Waals surface area contributed by atoms with Gasteiger partial charge in [-0.15, -0.1) is 0 Å². The molecule has 9 rings (SSSR count). The summed E-state index contributed by atoms with van der Waals surface area (Å²) in [4.78, 5) is 79.1. The first-order chi connectivity index (χ1) is 32.6. The Morgan fingerprint density at radius 2 is 1.72 bits per heavy atom. The summed E-state index contributed by atoms with van der Waals surface area (Å²) in [5.74, 6) is 7.16. The van der Waals surface area contributed by atoms with Crippen LogP contribution < -0.4 is 10.6 Å². The molecular weight excluding hydrogens is 870 g/mol. The van der Waals surface area contributed by atoms with Gasteiger partial charge < -0.3 is 24.8 Å². The van der Waals surface area contributed by atoms with E-state index in [1.54, 1.807) is 17.2 Å². The normalized spacial score (nSPS) is 20.7. The minimum atomic E-state index is -0.673. The molecule has 15 nitrogen and oxygen atoms in total. The molecule has 2 aliphatic carbocycles. The summed E-state index contributed by atoms with van der Waals surface area (Å²) in [6.07, 6.45) is 13.5. The molecule has 1 unspecified atom stereocenters. The first kappa shape index (κ1) is 45.9. The van der Waals surface area contributed by atoms with Crippen LogP contribution in [0.1, 0.15) is 116 Å². The van der Waals surface area contributed by atoms with Crippen LogP contribution in [0.3, 0.4) is 0 Å². The topological polar surface area (TPSA) is 172 Å². The average Bonchev–Trinajstić information content (AvgIpc) is 4.01. The summed E-state index contributed by atoms with van der Waals surface area (Å²) >= 11 is 6.64. The lowest BCUT2D eigenvalue weighted by molar-refractivity contribution is -0.137. The molecule has 2 aromatic carbocycles. The van der Waals surface area contributed by atoms with Gasteiger partial charge in [0.05, 0.1) is 29.7 Å². The third-order valence-corrected chi connectivity index (χ3v) is 14.3. The predicted octanol–water partition coefficient (Wildman–Crippen LogP) is 7.07. The van der Waals surface area contributed by atoms with Crippen LogP contribution in [0, 0.1) is 23.7 Å². The van der Waals surface area contributed by atoms with E-state index in [2.05, 4.69) is 32.6 Å². The lowest BCUT2D eigenvalue weighted by Gasteiger charge is -2.36. The Hall–Kier alpha value is -6.27. The van der Waals surface area contributed by atoms with Gasteiger partial charge >= 0.3 is 6.09 Å². The van der Waals surface area contributed by atoms with Gasteiger partial charge in [-0.05, 0) is 106 Å². The Balaban J connectivity index is 0.717. The molecule has 350 valence electrons. The molecule has 0 spiro atoms. The molecule has 5 heterocycles.